The smallest absolute Gasteiger partial charge is 0.416 e. The van der Waals surface area contributed by atoms with Gasteiger partial charge in [0.2, 0.25) is 0 Å². The highest BCUT2D eigenvalue weighted by Crippen LogP contribution is 2.41. The van der Waals surface area contributed by atoms with Crippen LogP contribution >= 0.6 is 0 Å². The SMILES string of the molecule is C#CC1C[C@H]2[C@@H](OC(=O)c3cccc(C(F)(F)F)c3)CCC[C@H]2N1C(=O)OC. The zero-order chi connectivity index (χ0) is 20.5. The molecule has 5 nitrogen and oxygen atoms in total. The number of alkyl halides is 3. The van der Waals surface area contributed by atoms with E-state index in [1.54, 1.807) is 0 Å². The Morgan fingerprint density at radius 2 is 2.04 bits per heavy atom. The summed E-state index contributed by atoms with van der Waals surface area (Å²) in [5.41, 5.74) is -1.07. The number of halogens is 3. The lowest BCUT2D eigenvalue weighted by atomic mass is 9.82. The lowest BCUT2D eigenvalue weighted by Crippen LogP contribution is -2.46. The van der Waals surface area contributed by atoms with Crippen LogP contribution in [0.4, 0.5) is 18.0 Å². The quantitative estimate of drug-likeness (QED) is 0.564. The molecule has 1 amide bonds. The van der Waals surface area contributed by atoms with Crippen molar-refractivity contribution in [3.05, 3.63) is 35.4 Å². The first-order valence-electron chi connectivity index (χ1n) is 8.97. The summed E-state index contributed by atoms with van der Waals surface area (Å²) < 4.78 is 49.0. The zero-order valence-corrected chi connectivity index (χ0v) is 15.2. The van der Waals surface area contributed by atoms with E-state index in [9.17, 15) is 22.8 Å². The number of terminal acetylenes is 1. The van der Waals surface area contributed by atoms with Crippen molar-refractivity contribution in [2.75, 3.05) is 7.11 Å². The van der Waals surface area contributed by atoms with Gasteiger partial charge >= 0.3 is 18.2 Å². The van der Waals surface area contributed by atoms with Crippen LogP contribution in [0.5, 0.6) is 0 Å². The Labute approximate surface area is 160 Å². The Morgan fingerprint density at radius 1 is 1.29 bits per heavy atom. The number of carbonyl (C=O) groups excluding carboxylic acids is 2. The maximum Gasteiger partial charge on any atom is 0.416 e. The van der Waals surface area contributed by atoms with Gasteiger partial charge in [0.15, 0.2) is 0 Å². The molecule has 4 atom stereocenters. The Bertz CT molecular complexity index is 801. The van der Waals surface area contributed by atoms with Crippen LogP contribution in [0.2, 0.25) is 0 Å². The molecule has 0 spiro atoms. The molecule has 3 rings (SSSR count). The maximum absolute atomic E-state index is 12.9. The summed E-state index contributed by atoms with van der Waals surface area (Å²) in [6.45, 7) is 0. The van der Waals surface area contributed by atoms with E-state index in [2.05, 4.69) is 5.92 Å². The number of fused-ring (bicyclic) bond motifs is 1. The van der Waals surface area contributed by atoms with Gasteiger partial charge in [-0.2, -0.15) is 13.2 Å². The molecule has 8 heteroatoms. The highest BCUT2D eigenvalue weighted by molar-refractivity contribution is 5.89. The summed E-state index contributed by atoms with van der Waals surface area (Å²) in [7, 11) is 1.28. The van der Waals surface area contributed by atoms with Crippen LogP contribution in [0.15, 0.2) is 24.3 Å². The number of hydrogen-bond acceptors (Lipinski definition) is 4. The van der Waals surface area contributed by atoms with Crippen molar-refractivity contribution in [1.82, 2.24) is 4.90 Å². The molecule has 150 valence electrons. The van der Waals surface area contributed by atoms with Gasteiger partial charge in [-0.15, -0.1) is 6.42 Å². The van der Waals surface area contributed by atoms with Gasteiger partial charge in [-0.3, -0.25) is 4.90 Å². The number of likely N-dealkylation sites (tertiary alicyclic amines) is 1. The largest absolute Gasteiger partial charge is 0.458 e. The van der Waals surface area contributed by atoms with Crippen LogP contribution in [0.3, 0.4) is 0 Å². The first-order valence-corrected chi connectivity index (χ1v) is 8.97. The number of amides is 1. The van der Waals surface area contributed by atoms with Crippen molar-refractivity contribution in [3.63, 3.8) is 0 Å². The van der Waals surface area contributed by atoms with Crippen molar-refractivity contribution >= 4 is 12.1 Å². The van der Waals surface area contributed by atoms with E-state index < -0.39 is 35.9 Å². The minimum atomic E-state index is -4.54. The van der Waals surface area contributed by atoms with Crippen LogP contribution < -0.4 is 0 Å². The molecule has 1 unspecified atom stereocenters. The third-order valence-electron chi connectivity index (χ3n) is 5.41. The Hall–Kier alpha value is -2.69. The van der Waals surface area contributed by atoms with Crippen molar-refractivity contribution in [3.8, 4) is 12.3 Å². The second-order valence-electron chi connectivity index (χ2n) is 6.98. The van der Waals surface area contributed by atoms with Crippen LogP contribution in [0.1, 0.15) is 41.6 Å². The lowest BCUT2D eigenvalue weighted by molar-refractivity contribution is -0.137. The monoisotopic (exact) mass is 395 g/mol. The molecular formula is C20H20F3NO4. The molecule has 1 aromatic carbocycles. The summed E-state index contributed by atoms with van der Waals surface area (Å²) in [4.78, 5) is 26.1. The van der Waals surface area contributed by atoms with Crippen molar-refractivity contribution < 1.29 is 32.2 Å². The fourth-order valence-corrected chi connectivity index (χ4v) is 4.15. The Kier molecular flexibility index (Phi) is 5.54. The van der Waals surface area contributed by atoms with Gasteiger partial charge in [0.25, 0.3) is 0 Å². The number of rotatable bonds is 2. The molecule has 2 fully saturated rings. The van der Waals surface area contributed by atoms with E-state index in [1.165, 1.54) is 24.1 Å². The van der Waals surface area contributed by atoms with Crippen molar-refractivity contribution in [2.45, 2.75) is 50.0 Å². The number of methoxy groups -OCH3 is 1. The molecule has 0 aromatic heterocycles. The number of hydrogen-bond donors (Lipinski definition) is 0. The van der Waals surface area contributed by atoms with Crippen LogP contribution in [0.25, 0.3) is 0 Å². The van der Waals surface area contributed by atoms with Crippen LogP contribution in [-0.4, -0.2) is 42.3 Å². The third kappa shape index (κ3) is 3.79. The molecule has 1 saturated heterocycles. The minimum absolute atomic E-state index is 0.159. The topological polar surface area (TPSA) is 55.8 Å². The minimum Gasteiger partial charge on any atom is -0.458 e. The summed E-state index contributed by atoms with van der Waals surface area (Å²) in [5.74, 6) is 1.58. The Balaban J connectivity index is 1.77. The number of esters is 1. The van der Waals surface area contributed by atoms with E-state index in [-0.39, 0.29) is 17.5 Å². The first kappa shape index (κ1) is 20.1. The fraction of sp³-hybridized carbons (Fsp3) is 0.500. The van der Waals surface area contributed by atoms with Gasteiger partial charge in [0.05, 0.1) is 24.3 Å². The highest BCUT2D eigenvalue weighted by atomic mass is 19.4. The average molecular weight is 395 g/mol. The summed E-state index contributed by atoms with van der Waals surface area (Å²) in [6.07, 6.45) is 2.39. The zero-order valence-electron chi connectivity index (χ0n) is 15.2. The van der Waals surface area contributed by atoms with E-state index in [4.69, 9.17) is 15.9 Å². The molecule has 1 aliphatic heterocycles. The van der Waals surface area contributed by atoms with Crippen molar-refractivity contribution in [2.24, 2.45) is 5.92 Å². The molecule has 0 bridgehead atoms. The second kappa shape index (κ2) is 7.74. The number of nitrogens with zero attached hydrogens (tertiary/aromatic N) is 1. The molecule has 0 radical (unpaired) electrons. The fourth-order valence-electron chi connectivity index (χ4n) is 4.15. The second-order valence-corrected chi connectivity index (χ2v) is 6.98. The average Bonchev–Trinajstić information content (AvgIpc) is 3.06. The molecule has 2 aliphatic rings. The van der Waals surface area contributed by atoms with Crippen molar-refractivity contribution in [1.29, 1.82) is 0 Å². The number of ether oxygens (including phenoxy) is 2. The normalized spacial score (nSPS) is 26.9. The number of carbonyl (C=O) groups is 2. The Morgan fingerprint density at radius 3 is 2.68 bits per heavy atom. The summed E-state index contributed by atoms with van der Waals surface area (Å²) >= 11 is 0. The molecular weight excluding hydrogens is 375 g/mol. The van der Waals surface area contributed by atoms with Crippen LogP contribution in [-0.2, 0) is 15.7 Å². The predicted octanol–water partition coefficient (Wildman–Crippen LogP) is 3.87. The molecule has 0 N–H and O–H groups in total. The molecule has 1 aliphatic carbocycles. The van der Waals surface area contributed by atoms with Crippen LogP contribution in [0, 0.1) is 18.3 Å². The maximum atomic E-state index is 12.9. The lowest BCUT2D eigenvalue weighted by Gasteiger charge is -2.36. The molecule has 28 heavy (non-hydrogen) atoms. The standard InChI is InChI=1S/C20H20F3NO4/c1-3-14-11-15-16(24(14)19(26)27-2)8-5-9-17(15)28-18(25)12-6-4-7-13(10-12)20(21,22)23/h1,4,6-7,10,14-17H,5,8-9,11H2,2H3/t14?,15-,16-,17+/m1/s1. The molecule has 1 saturated carbocycles. The van der Waals surface area contributed by atoms with E-state index in [0.29, 0.717) is 25.7 Å². The van der Waals surface area contributed by atoms with Gasteiger partial charge < -0.3 is 9.47 Å². The third-order valence-corrected chi connectivity index (χ3v) is 5.41. The van der Waals surface area contributed by atoms with E-state index >= 15 is 0 Å². The molecule has 1 aromatic rings. The van der Waals surface area contributed by atoms with E-state index in [0.717, 1.165) is 12.1 Å². The highest BCUT2D eigenvalue weighted by Gasteiger charge is 2.49. The first-order chi connectivity index (χ1) is 13.3. The number of benzene rings is 1. The summed E-state index contributed by atoms with van der Waals surface area (Å²) in [6, 6.07) is 3.46. The molecule has 1 heterocycles. The predicted molar refractivity (Wildman–Crippen MR) is 93.3 cm³/mol. The summed E-state index contributed by atoms with van der Waals surface area (Å²) in [5, 5.41) is 0. The van der Waals surface area contributed by atoms with Gasteiger partial charge in [0.1, 0.15) is 6.10 Å². The van der Waals surface area contributed by atoms with Gasteiger partial charge in [0, 0.05) is 12.0 Å². The van der Waals surface area contributed by atoms with Gasteiger partial charge in [-0.05, 0) is 43.9 Å². The van der Waals surface area contributed by atoms with E-state index in [1.807, 2.05) is 0 Å². The van der Waals surface area contributed by atoms with Gasteiger partial charge in [-0.25, -0.2) is 9.59 Å². The van der Waals surface area contributed by atoms with Gasteiger partial charge in [-0.1, -0.05) is 12.0 Å².